The lowest BCUT2D eigenvalue weighted by Crippen LogP contribution is -2.35. The molecular weight excluding hydrogens is 286 g/mol. The van der Waals surface area contributed by atoms with Crippen molar-refractivity contribution in [3.63, 3.8) is 0 Å². The molecule has 0 aliphatic heterocycles. The van der Waals surface area contributed by atoms with Crippen molar-refractivity contribution < 1.29 is 0 Å². The molecule has 110 valence electrons. The highest BCUT2D eigenvalue weighted by Gasteiger charge is 2.11. The Labute approximate surface area is 129 Å². The first kappa shape index (κ1) is 15.5. The fourth-order valence-corrected chi connectivity index (χ4v) is 3.25. The van der Waals surface area contributed by atoms with Gasteiger partial charge in [-0.3, -0.25) is 0 Å². The molecule has 0 unspecified atom stereocenters. The number of likely N-dealkylation sites (N-methyl/N-ethyl adjacent to an activating group) is 1. The molecule has 0 fully saturated rings. The third-order valence-corrected chi connectivity index (χ3v) is 4.88. The van der Waals surface area contributed by atoms with E-state index in [0.29, 0.717) is 0 Å². The van der Waals surface area contributed by atoms with E-state index in [-0.39, 0.29) is 5.54 Å². The molecule has 0 spiro atoms. The predicted octanol–water partition coefficient (Wildman–Crippen LogP) is 3.77. The van der Waals surface area contributed by atoms with Gasteiger partial charge in [-0.25, -0.2) is 4.98 Å². The molecular formula is C15H23N3S2. The van der Waals surface area contributed by atoms with Crippen LogP contribution in [-0.2, 0) is 13.0 Å². The first-order valence-electron chi connectivity index (χ1n) is 6.87. The van der Waals surface area contributed by atoms with E-state index in [9.17, 15) is 0 Å². The Balaban J connectivity index is 1.84. The molecule has 2 aromatic rings. The van der Waals surface area contributed by atoms with Gasteiger partial charge in [-0.1, -0.05) is 6.07 Å². The van der Waals surface area contributed by atoms with E-state index < -0.39 is 0 Å². The van der Waals surface area contributed by atoms with E-state index in [0.717, 1.165) is 30.3 Å². The highest BCUT2D eigenvalue weighted by atomic mass is 32.1. The van der Waals surface area contributed by atoms with Crippen LogP contribution in [0.3, 0.4) is 0 Å². The first-order chi connectivity index (χ1) is 9.44. The van der Waals surface area contributed by atoms with E-state index in [1.54, 1.807) is 11.3 Å². The van der Waals surface area contributed by atoms with Gasteiger partial charge in [0.15, 0.2) is 5.13 Å². The molecule has 20 heavy (non-hydrogen) atoms. The molecule has 0 saturated heterocycles. The Hall–Kier alpha value is -0.910. The Morgan fingerprint density at radius 2 is 2.10 bits per heavy atom. The van der Waals surface area contributed by atoms with Gasteiger partial charge in [0.05, 0.1) is 5.69 Å². The second-order valence-electron chi connectivity index (χ2n) is 5.98. The normalized spacial score (nSPS) is 11.8. The lowest BCUT2D eigenvalue weighted by atomic mass is 10.1. The zero-order valence-electron chi connectivity index (χ0n) is 12.6. The van der Waals surface area contributed by atoms with Crippen LogP contribution >= 0.6 is 22.7 Å². The largest absolute Gasteiger partial charge is 0.351 e. The molecule has 0 bridgehead atoms. The first-order valence-corrected chi connectivity index (χ1v) is 8.63. The van der Waals surface area contributed by atoms with Gasteiger partial charge in [0.1, 0.15) is 0 Å². The van der Waals surface area contributed by atoms with Crippen molar-refractivity contribution in [3.8, 4) is 0 Å². The molecule has 0 saturated carbocycles. The van der Waals surface area contributed by atoms with Crippen molar-refractivity contribution in [2.75, 3.05) is 18.5 Å². The van der Waals surface area contributed by atoms with E-state index in [4.69, 9.17) is 4.98 Å². The quantitative estimate of drug-likeness (QED) is 0.880. The summed E-state index contributed by atoms with van der Waals surface area (Å²) in [6.45, 7) is 8.37. The Kier molecular flexibility index (Phi) is 5.18. The van der Waals surface area contributed by atoms with Crippen LogP contribution in [0.2, 0.25) is 0 Å². The third kappa shape index (κ3) is 4.89. The summed E-state index contributed by atoms with van der Waals surface area (Å²) >= 11 is 3.55. The number of thiazole rings is 1. The van der Waals surface area contributed by atoms with Gasteiger partial charge in [0.2, 0.25) is 0 Å². The van der Waals surface area contributed by atoms with Crippen molar-refractivity contribution in [1.82, 2.24) is 10.3 Å². The van der Waals surface area contributed by atoms with Crippen molar-refractivity contribution >= 4 is 27.8 Å². The number of thiophene rings is 1. The van der Waals surface area contributed by atoms with Gasteiger partial charge in [-0.15, -0.1) is 22.7 Å². The Bertz CT molecular complexity index is 511. The second kappa shape index (κ2) is 6.70. The lowest BCUT2D eigenvalue weighted by molar-refractivity contribution is 0.422. The standard InChI is InChI=1S/C15H23N3S2/c1-15(2,3)16-10-12-11-20-14(17-12)18(4)8-7-13-6-5-9-19-13/h5-6,9,11,16H,7-8,10H2,1-4H3. The summed E-state index contributed by atoms with van der Waals surface area (Å²) in [7, 11) is 2.12. The van der Waals surface area contributed by atoms with Crippen LogP contribution in [0.5, 0.6) is 0 Å². The molecule has 0 aliphatic rings. The fourth-order valence-electron chi connectivity index (χ4n) is 1.74. The predicted molar refractivity (Wildman–Crippen MR) is 90.0 cm³/mol. The van der Waals surface area contributed by atoms with Crippen LogP contribution in [0, 0.1) is 0 Å². The number of hydrogen-bond acceptors (Lipinski definition) is 5. The van der Waals surface area contributed by atoms with Gasteiger partial charge >= 0.3 is 0 Å². The summed E-state index contributed by atoms with van der Waals surface area (Å²) in [5.41, 5.74) is 1.26. The minimum Gasteiger partial charge on any atom is -0.351 e. The highest BCUT2D eigenvalue weighted by molar-refractivity contribution is 7.13. The van der Waals surface area contributed by atoms with Crippen LogP contribution in [-0.4, -0.2) is 24.1 Å². The summed E-state index contributed by atoms with van der Waals surface area (Å²) in [5.74, 6) is 0. The molecule has 0 radical (unpaired) electrons. The molecule has 2 heterocycles. The number of rotatable bonds is 6. The van der Waals surface area contributed by atoms with E-state index in [2.05, 4.69) is 60.9 Å². The van der Waals surface area contributed by atoms with Crippen LogP contribution in [0.15, 0.2) is 22.9 Å². The molecule has 0 amide bonds. The molecule has 0 aliphatic carbocycles. The molecule has 2 aromatic heterocycles. The molecule has 2 rings (SSSR count). The van der Waals surface area contributed by atoms with Gasteiger partial charge in [-0.05, 0) is 38.6 Å². The number of nitrogens with one attached hydrogen (secondary N) is 1. The minimum absolute atomic E-state index is 0.134. The van der Waals surface area contributed by atoms with Crippen LogP contribution in [0.25, 0.3) is 0 Å². The van der Waals surface area contributed by atoms with Crippen molar-refractivity contribution in [1.29, 1.82) is 0 Å². The topological polar surface area (TPSA) is 28.2 Å². The van der Waals surface area contributed by atoms with Gasteiger partial charge in [0, 0.05) is 35.9 Å². The Morgan fingerprint density at radius 3 is 2.75 bits per heavy atom. The maximum Gasteiger partial charge on any atom is 0.185 e. The molecule has 0 aromatic carbocycles. The SMILES string of the molecule is CN(CCc1cccs1)c1nc(CNC(C)(C)C)cs1. The maximum atomic E-state index is 4.70. The van der Waals surface area contributed by atoms with Crippen LogP contribution < -0.4 is 10.2 Å². The number of aromatic nitrogens is 1. The van der Waals surface area contributed by atoms with Gasteiger partial charge in [0.25, 0.3) is 0 Å². The smallest absolute Gasteiger partial charge is 0.185 e. The lowest BCUT2D eigenvalue weighted by Gasteiger charge is -2.19. The van der Waals surface area contributed by atoms with Crippen LogP contribution in [0.4, 0.5) is 5.13 Å². The maximum absolute atomic E-state index is 4.70. The summed E-state index contributed by atoms with van der Waals surface area (Å²) in [5, 5.41) is 8.86. The van der Waals surface area contributed by atoms with E-state index in [1.165, 1.54) is 4.88 Å². The van der Waals surface area contributed by atoms with Crippen LogP contribution in [0.1, 0.15) is 31.3 Å². The molecule has 5 heteroatoms. The van der Waals surface area contributed by atoms with E-state index >= 15 is 0 Å². The van der Waals surface area contributed by atoms with Crippen molar-refractivity contribution in [3.05, 3.63) is 33.5 Å². The molecule has 3 nitrogen and oxygen atoms in total. The molecule has 1 N–H and O–H groups in total. The highest BCUT2D eigenvalue weighted by Crippen LogP contribution is 2.20. The summed E-state index contributed by atoms with van der Waals surface area (Å²) < 4.78 is 0. The number of nitrogens with zero attached hydrogens (tertiary/aromatic N) is 2. The summed E-state index contributed by atoms with van der Waals surface area (Å²) in [6, 6.07) is 4.30. The summed E-state index contributed by atoms with van der Waals surface area (Å²) in [6.07, 6.45) is 1.09. The van der Waals surface area contributed by atoms with Gasteiger partial charge in [-0.2, -0.15) is 0 Å². The average Bonchev–Trinajstić information content (AvgIpc) is 3.04. The van der Waals surface area contributed by atoms with E-state index in [1.807, 2.05) is 11.3 Å². The third-order valence-electron chi connectivity index (χ3n) is 2.94. The zero-order valence-corrected chi connectivity index (χ0v) is 14.3. The Morgan fingerprint density at radius 1 is 1.30 bits per heavy atom. The number of anilines is 1. The summed E-state index contributed by atoms with van der Waals surface area (Å²) in [4.78, 5) is 8.37. The molecule has 0 atom stereocenters. The second-order valence-corrected chi connectivity index (χ2v) is 7.84. The monoisotopic (exact) mass is 309 g/mol. The zero-order chi connectivity index (χ0) is 14.6. The minimum atomic E-state index is 0.134. The van der Waals surface area contributed by atoms with Crippen molar-refractivity contribution in [2.24, 2.45) is 0 Å². The fraction of sp³-hybridized carbons (Fsp3) is 0.533. The van der Waals surface area contributed by atoms with Gasteiger partial charge < -0.3 is 10.2 Å². The number of hydrogen-bond donors (Lipinski definition) is 1. The average molecular weight is 310 g/mol. The van der Waals surface area contributed by atoms with Crippen molar-refractivity contribution in [2.45, 2.75) is 39.3 Å².